The lowest BCUT2D eigenvalue weighted by atomic mass is 9.97. The molecule has 0 saturated carbocycles. The third-order valence-electron chi connectivity index (χ3n) is 6.11. The molecule has 160 valence electrons. The Morgan fingerprint density at radius 2 is 1.81 bits per heavy atom. The molecule has 2 aliphatic heterocycles. The first-order chi connectivity index (χ1) is 15.1. The minimum Gasteiger partial charge on any atom is -0.470 e. The van der Waals surface area contributed by atoms with Crippen LogP contribution >= 0.6 is 0 Å². The van der Waals surface area contributed by atoms with Gasteiger partial charge in [-0.25, -0.2) is 13.5 Å². The zero-order valence-electron chi connectivity index (χ0n) is 17.0. The van der Waals surface area contributed by atoms with Gasteiger partial charge >= 0.3 is 0 Å². The fourth-order valence-corrected chi connectivity index (χ4v) is 4.43. The van der Waals surface area contributed by atoms with Gasteiger partial charge in [0.05, 0.1) is 0 Å². The van der Waals surface area contributed by atoms with Crippen LogP contribution in [0.3, 0.4) is 0 Å². The monoisotopic (exact) mass is 423 g/mol. The van der Waals surface area contributed by atoms with Gasteiger partial charge in [0.15, 0.2) is 5.69 Å². The van der Waals surface area contributed by atoms with Crippen LogP contribution in [-0.4, -0.2) is 33.7 Å². The molecule has 2 unspecified atom stereocenters. The summed E-state index contributed by atoms with van der Waals surface area (Å²) in [4.78, 5) is 14.8. The Labute approximate surface area is 179 Å². The molecule has 2 atom stereocenters. The number of fused-ring (bicyclic) bond motifs is 1. The van der Waals surface area contributed by atoms with Gasteiger partial charge in [0.1, 0.15) is 6.10 Å². The lowest BCUT2D eigenvalue weighted by Crippen LogP contribution is -2.29. The molecule has 0 spiro atoms. The number of amides is 1. The van der Waals surface area contributed by atoms with Crippen molar-refractivity contribution in [3.8, 4) is 5.88 Å². The fourth-order valence-electron chi connectivity index (χ4n) is 4.43. The SMILES string of the molecule is O=C(c1cc2n(n1)CCC(c1ccccc1)O2)N1CCC(c2cccc(C(F)F)c2)C1. The highest BCUT2D eigenvalue weighted by Crippen LogP contribution is 2.33. The van der Waals surface area contributed by atoms with Crippen molar-refractivity contribution in [3.05, 3.63) is 83.0 Å². The molecule has 7 heteroatoms. The van der Waals surface area contributed by atoms with Gasteiger partial charge in [-0.3, -0.25) is 4.79 Å². The van der Waals surface area contributed by atoms with Crippen molar-refractivity contribution in [2.24, 2.45) is 0 Å². The summed E-state index contributed by atoms with van der Waals surface area (Å²) in [5.74, 6) is 0.511. The first-order valence-corrected chi connectivity index (χ1v) is 10.6. The summed E-state index contributed by atoms with van der Waals surface area (Å²) in [6.07, 6.45) is -1.00. The van der Waals surface area contributed by atoms with E-state index in [4.69, 9.17) is 4.74 Å². The van der Waals surface area contributed by atoms with E-state index in [0.29, 0.717) is 31.2 Å². The number of carbonyl (C=O) groups is 1. The number of aromatic nitrogens is 2. The Morgan fingerprint density at radius 3 is 2.61 bits per heavy atom. The van der Waals surface area contributed by atoms with Crippen molar-refractivity contribution in [2.75, 3.05) is 13.1 Å². The average Bonchev–Trinajstić information content (AvgIpc) is 3.46. The molecule has 0 bridgehead atoms. The van der Waals surface area contributed by atoms with E-state index >= 15 is 0 Å². The molecule has 5 nitrogen and oxygen atoms in total. The molecule has 0 aliphatic carbocycles. The van der Waals surface area contributed by atoms with Crippen LogP contribution in [0.15, 0.2) is 60.7 Å². The van der Waals surface area contributed by atoms with Gasteiger partial charge in [-0.15, -0.1) is 0 Å². The van der Waals surface area contributed by atoms with Crippen LogP contribution in [-0.2, 0) is 6.54 Å². The van der Waals surface area contributed by atoms with Crippen molar-refractivity contribution in [2.45, 2.75) is 37.8 Å². The molecule has 0 radical (unpaired) electrons. The van der Waals surface area contributed by atoms with Gasteiger partial charge < -0.3 is 9.64 Å². The number of alkyl halides is 2. The molecule has 5 rings (SSSR count). The molecule has 1 saturated heterocycles. The van der Waals surface area contributed by atoms with E-state index in [2.05, 4.69) is 5.10 Å². The molecule has 1 aromatic heterocycles. The first-order valence-electron chi connectivity index (χ1n) is 10.6. The van der Waals surface area contributed by atoms with E-state index in [1.54, 1.807) is 27.8 Å². The number of benzene rings is 2. The van der Waals surface area contributed by atoms with Crippen LogP contribution in [0.2, 0.25) is 0 Å². The number of ether oxygens (including phenoxy) is 1. The summed E-state index contributed by atoms with van der Waals surface area (Å²) in [7, 11) is 0. The van der Waals surface area contributed by atoms with Gasteiger partial charge in [0.2, 0.25) is 5.88 Å². The highest BCUT2D eigenvalue weighted by molar-refractivity contribution is 5.92. The number of aryl methyl sites for hydroxylation is 1. The number of halogens is 2. The van der Waals surface area contributed by atoms with Gasteiger partial charge in [0.25, 0.3) is 12.3 Å². The number of nitrogens with zero attached hydrogens (tertiary/aromatic N) is 3. The third kappa shape index (κ3) is 3.92. The van der Waals surface area contributed by atoms with E-state index in [0.717, 1.165) is 24.0 Å². The van der Waals surface area contributed by atoms with Crippen LogP contribution in [0, 0.1) is 0 Å². The first kappa shape index (κ1) is 19.7. The van der Waals surface area contributed by atoms with E-state index in [-0.39, 0.29) is 23.5 Å². The molecule has 2 aromatic carbocycles. The Bertz CT molecular complexity index is 1080. The largest absolute Gasteiger partial charge is 0.470 e. The normalized spacial score (nSPS) is 20.5. The molecule has 0 N–H and O–H groups in total. The highest BCUT2D eigenvalue weighted by Gasteiger charge is 2.31. The maximum atomic E-state index is 13.0. The zero-order chi connectivity index (χ0) is 21.4. The zero-order valence-corrected chi connectivity index (χ0v) is 17.0. The van der Waals surface area contributed by atoms with Crippen LogP contribution in [0.25, 0.3) is 0 Å². The summed E-state index contributed by atoms with van der Waals surface area (Å²) in [6, 6.07) is 18.2. The van der Waals surface area contributed by atoms with E-state index < -0.39 is 6.43 Å². The molecule has 3 aromatic rings. The standard InChI is InChI=1S/C24H23F2N3O2/c25-23(26)18-8-4-7-17(13-18)19-9-11-28(15-19)24(30)20-14-22-29(27-20)12-10-21(31-22)16-5-2-1-3-6-16/h1-8,13-14,19,21,23H,9-12,15H2. The van der Waals surface area contributed by atoms with Gasteiger partial charge in [0, 0.05) is 43.6 Å². The third-order valence-corrected chi connectivity index (χ3v) is 6.11. The average molecular weight is 423 g/mol. The molecular formula is C24H23F2N3O2. The Morgan fingerprint density at radius 1 is 1.00 bits per heavy atom. The van der Waals surface area contributed by atoms with E-state index in [1.165, 1.54) is 6.07 Å². The smallest absolute Gasteiger partial charge is 0.274 e. The van der Waals surface area contributed by atoms with E-state index in [1.807, 2.05) is 36.4 Å². The fraction of sp³-hybridized carbons (Fsp3) is 0.333. The van der Waals surface area contributed by atoms with Crippen LogP contribution in [0.5, 0.6) is 5.88 Å². The quantitative estimate of drug-likeness (QED) is 0.595. The van der Waals surface area contributed by atoms with Gasteiger partial charge in [-0.05, 0) is 23.6 Å². The second-order valence-electron chi connectivity index (χ2n) is 8.10. The van der Waals surface area contributed by atoms with Crippen molar-refractivity contribution < 1.29 is 18.3 Å². The molecular weight excluding hydrogens is 400 g/mol. The maximum absolute atomic E-state index is 13.0. The molecule has 31 heavy (non-hydrogen) atoms. The van der Waals surface area contributed by atoms with Crippen LogP contribution < -0.4 is 4.74 Å². The summed E-state index contributed by atoms with van der Waals surface area (Å²) in [5, 5.41) is 4.46. The lowest BCUT2D eigenvalue weighted by molar-refractivity contribution is 0.0783. The number of carbonyl (C=O) groups excluding carboxylic acids is 1. The Hall–Kier alpha value is -3.22. The van der Waals surface area contributed by atoms with Crippen molar-refractivity contribution in [1.29, 1.82) is 0 Å². The molecule has 3 heterocycles. The predicted molar refractivity (Wildman–Crippen MR) is 111 cm³/mol. The predicted octanol–water partition coefficient (Wildman–Crippen LogP) is 4.97. The topological polar surface area (TPSA) is 47.4 Å². The van der Waals surface area contributed by atoms with Gasteiger partial charge in [-0.2, -0.15) is 5.10 Å². The lowest BCUT2D eigenvalue weighted by Gasteiger charge is -2.24. The van der Waals surface area contributed by atoms with Crippen LogP contribution in [0.1, 0.15) is 58.5 Å². The van der Waals surface area contributed by atoms with Gasteiger partial charge in [-0.1, -0.05) is 48.5 Å². The summed E-state index contributed by atoms with van der Waals surface area (Å²) >= 11 is 0. The van der Waals surface area contributed by atoms with E-state index in [9.17, 15) is 13.6 Å². The second-order valence-corrected chi connectivity index (χ2v) is 8.10. The number of rotatable bonds is 4. The Balaban J connectivity index is 1.28. The summed E-state index contributed by atoms with van der Waals surface area (Å²) < 4.78 is 33.9. The molecule has 2 aliphatic rings. The highest BCUT2D eigenvalue weighted by atomic mass is 19.3. The minimum absolute atomic E-state index is 0.0224. The minimum atomic E-state index is -2.49. The van der Waals surface area contributed by atoms with Crippen molar-refractivity contribution in [1.82, 2.24) is 14.7 Å². The number of hydrogen-bond acceptors (Lipinski definition) is 3. The summed E-state index contributed by atoms with van der Waals surface area (Å²) in [6.45, 7) is 1.77. The van der Waals surface area contributed by atoms with Crippen LogP contribution in [0.4, 0.5) is 8.78 Å². The molecule has 1 amide bonds. The number of likely N-dealkylation sites (tertiary alicyclic amines) is 1. The molecule has 1 fully saturated rings. The second kappa shape index (κ2) is 8.13. The maximum Gasteiger partial charge on any atom is 0.274 e. The van der Waals surface area contributed by atoms with Crippen molar-refractivity contribution >= 4 is 5.91 Å². The van der Waals surface area contributed by atoms with Crippen molar-refractivity contribution in [3.63, 3.8) is 0 Å². The summed E-state index contributed by atoms with van der Waals surface area (Å²) in [5.41, 5.74) is 2.35. The Kier molecular flexibility index (Phi) is 5.18. The number of hydrogen-bond donors (Lipinski definition) is 0.